The van der Waals surface area contributed by atoms with Crippen LogP contribution in [0, 0.1) is 0 Å². The Morgan fingerprint density at radius 1 is 1.35 bits per heavy atom. The van der Waals surface area contributed by atoms with E-state index in [1.165, 1.54) is 12.7 Å². The van der Waals surface area contributed by atoms with Crippen LogP contribution in [0.15, 0.2) is 24.3 Å². The van der Waals surface area contributed by atoms with Gasteiger partial charge in [-0.3, -0.25) is 9.69 Å². The maximum Gasteiger partial charge on any atom is 0.323 e. The maximum atomic E-state index is 11.6. The van der Waals surface area contributed by atoms with Crippen LogP contribution in [0.5, 0.6) is 5.75 Å². The second-order valence-electron chi connectivity index (χ2n) is 5.00. The molecule has 1 fully saturated rings. The van der Waals surface area contributed by atoms with Crippen LogP contribution in [0.2, 0.25) is 0 Å². The van der Waals surface area contributed by atoms with E-state index in [0.717, 1.165) is 24.5 Å². The van der Waals surface area contributed by atoms with Crippen molar-refractivity contribution < 1.29 is 14.3 Å². The lowest BCUT2D eigenvalue weighted by Crippen LogP contribution is -2.33. The first-order chi connectivity index (χ1) is 9.63. The fourth-order valence-corrected chi connectivity index (χ4v) is 3.70. The molecule has 1 aliphatic rings. The molecule has 0 unspecified atom stereocenters. The number of carbonyl (C=O) groups is 1. The van der Waals surface area contributed by atoms with Gasteiger partial charge in [-0.1, -0.05) is 12.1 Å². The monoisotopic (exact) mass is 295 g/mol. The number of methoxy groups -OCH3 is 2. The molecule has 2 atom stereocenters. The molecule has 1 heterocycles. The SMILES string of the molecule is COC(=O)[C@@H]1C[C@H](SCc2ccc(OC)cc2)CN1C. The number of benzene rings is 1. The van der Waals surface area contributed by atoms with E-state index >= 15 is 0 Å². The molecule has 1 aliphatic heterocycles. The van der Waals surface area contributed by atoms with E-state index in [4.69, 9.17) is 9.47 Å². The number of nitrogens with zero attached hydrogens (tertiary/aromatic N) is 1. The molecule has 1 aromatic carbocycles. The third-order valence-electron chi connectivity index (χ3n) is 3.63. The van der Waals surface area contributed by atoms with Crippen molar-refractivity contribution in [1.82, 2.24) is 4.90 Å². The van der Waals surface area contributed by atoms with Crippen molar-refractivity contribution >= 4 is 17.7 Å². The first kappa shape index (κ1) is 15.2. The minimum atomic E-state index is -0.125. The van der Waals surface area contributed by atoms with E-state index < -0.39 is 0 Å². The number of rotatable bonds is 5. The van der Waals surface area contributed by atoms with Gasteiger partial charge in [0.25, 0.3) is 0 Å². The molecule has 0 aliphatic carbocycles. The quantitative estimate of drug-likeness (QED) is 0.779. The van der Waals surface area contributed by atoms with E-state index in [1.807, 2.05) is 30.9 Å². The highest BCUT2D eigenvalue weighted by Crippen LogP contribution is 2.29. The van der Waals surface area contributed by atoms with Gasteiger partial charge in [0, 0.05) is 17.5 Å². The van der Waals surface area contributed by atoms with Crippen LogP contribution in [0.4, 0.5) is 0 Å². The van der Waals surface area contributed by atoms with E-state index in [0.29, 0.717) is 5.25 Å². The first-order valence-corrected chi connectivity index (χ1v) is 7.71. The molecule has 0 aromatic heterocycles. The molecular formula is C15H21NO3S. The number of likely N-dealkylation sites (tertiary alicyclic amines) is 1. The second kappa shape index (κ2) is 6.99. The number of likely N-dealkylation sites (N-methyl/N-ethyl adjacent to an activating group) is 1. The number of thioether (sulfide) groups is 1. The van der Waals surface area contributed by atoms with Crippen LogP contribution in [0.25, 0.3) is 0 Å². The van der Waals surface area contributed by atoms with Gasteiger partial charge in [0.2, 0.25) is 0 Å². The average molecular weight is 295 g/mol. The van der Waals surface area contributed by atoms with Crippen molar-refractivity contribution in [2.75, 3.05) is 27.8 Å². The summed E-state index contributed by atoms with van der Waals surface area (Å²) in [6.45, 7) is 0.931. The molecule has 4 nitrogen and oxygen atoms in total. The highest BCUT2D eigenvalue weighted by molar-refractivity contribution is 7.99. The lowest BCUT2D eigenvalue weighted by atomic mass is 10.2. The van der Waals surface area contributed by atoms with Crippen LogP contribution in [-0.2, 0) is 15.3 Å². The Labute approximate surface area is 124 Å². The lowest BCUT2D eigenvalue weighted by molar-refractivity contribution is -0.145. The smallest absolute Gasteiger partial charge is 0.323 e. The summed E-state index contributed by atoms with van der Waals surface area (Å²) in [5, 5.41) is 0.478. The van der Waals surface area contributed by atoms with Gasteiger partial charge >= 0.3 is 5.97 Å². The maximum absolute atomic E-state index is 11.6. The summed E-state index contributed by atoms with van der Waals surface area (Å²) in [4.78, 5) is 13.7. The Hall–Kier alpha value is -1.20. The number of hydrogen-bond acceptors (Lipinski definition) is 5. The van der Waals surface area contributed by atoms with Crippen LogP contribution in [-0.4, -0.2) is 50.0 Å². The molecule has 110 valence electrons. The number of hydrogen-bond donors (Lipinski definition) is 0. The van der Waals surface area contributed by atoms with Gasteiger partial charge in [-0.2, -0.15) is 11.8 Å². The predicted octanol–water partition coefficient (Wildman–Crippen LogP) is 2.17. The molecule has 20 heavy (non-hydrogen) atoms. The molecule has 0 bridgehead atoms. The molecule has 1 saturated heterocycles. The minimum Gasteiger partial charge on any atom is -0.497 e. The van der Waals surface area contributed by atoms with Crippen molar-refractivity contribution in [1.29, 1.82) is 0 Å². The zero-order valence-electron chi connectivity index (χ0n) is 12.2. The van der Waals surface area contributed by atoms with Crippen LogP contribution < -0.4 is 4.74 Å². The van der Waals surface area contributed by atoms with Gasteiger partial charge in [0.05, 0.1) is 14.2 Å². The van der Waals surface area contributed by atoms with Gasteiger partial charge in [-0.05, 0) is 31.2 Å². The fourth-order valence-electron chi connectivity index (χ4n) is 2.42. The number of ether oxygens (including phenoxy) is 2. The largest absolute Gasteiger partial charge is 0.497 e. The zero-order chi connectivity index (χ0) is 14.5. The van der Waals surface area contributed by atoms with Crippen molar-refractivity contribution in [3.8, 4) is 5.75 Å². The summed E-state index contributed by atoms with van der Waals surface area (Å²) < 4.78 is 9.99. The highest BCUT2D eigenvalue weighted by atomic mass is 32.2. The van der Waals surface area contributed by atoms with Gasteiger partial charge in [0.1, 0.15) is 11.8 Å². The third-order valence-corrected chi connectivity index (χ3v) is 4.94. The third kappa shape index (κ3) is 3.67. The molecule has 0 saturated carbocycles. The number of carbonyl (C=O) groups excluding carboxylic acids is 1. The molecule has 0 radical (unpaired) electrons. The normalized spacial score (nSPS) is 22.8. The molecule has 1 aromatic rings. The average Bonchev–Trinajstić information content (AvgIpc) is 2.86. The van der Waals surface area contributed by atoms with E-state index in [9.17, 15) is 4.79 Å². The van der Waals surface area contributed by atoms with E-state index in [-0.39, 0.29) is 12.0 Å². The summed E-state index contributed by atoms with van der Waals surface area (Å²) in [7, 11) is 5.11. The molecular weight excluding hydrogens is 274 g/mol. The molecule has 0 amide bonds. The van der Waals surface area contributed by atoms with Crippen LogP contribution in [0.1, 0.15) is 12.0 Å². The van der Waals surface area contributed by atoms with Crippen molar-refractivity contribution in [3.05, 3.63) is 29.8 Å². The summed E-state index contributed by atoms with van der Waals surface area (Å²) >= 11 is 1.90. The Morgan fingerprint density at radius 3 is 2.65 bits per heavy atom. The Balaban J connectivity index is 1.84. The van der Waals surface area contributed by atoms with Crippen LogP contribution >= 0.6 is 11.8 Å². The highest BCUT2D eigenvalue weighted by Gasteiger charge is 2.35. The second-order valence-corrected chi connectivity index (χ2v) is 6.28. The van der Waals surface area contributed by atoms with Crippen LogP contribution in [0.3, 0.4) is 0 Å². The Kier molecular flexibility index (Phi) is 5.31. The van der Waals surface area contributed by atoms with E-state index in [2.05, 4.69) is 17.0 Å². The fraction of sp³-hybridized carbons (Fsp3) is 0.533. The van der Waals surface area contributed by atoms with Crippen molar-refractivity contribution in [3.63, 3.8) is 0 Å². The minimum absolute atomic E-state index is 0.0895. The molecule has 2 rings (SSSR count). The summed E-state index contributed by atoms with van der Waals surface area (Å²) in [5.41, 5.74) is 1.28. The zero-order valence-corrected chi connectivity index (χ0v) is 13.0. The molecule has 0 spiro atoms. The lowest BCUT2D eigenvalue weighted by Gasteiger charge is -2.15. The number of esters is 1. The van der Waals surface area contributed by atoms with Crippen molar-refractivity contribution in [2.24, 2.45) is 0 Å². The Morgan fingerprint density at radius 2 is 2.05 bits per heavy atom. The van der Waals surface area contributed by atoms with Gasteiger partial charge < -0.3 is 9.47 Å². The predicted molar refractivity (Wildman–Crippen MR) is 81.1 cm³/mol. The molecule has 5 heteroatoms. The standard InChI is InChI=1S/C15H21NO3S/c1-16-9-13(8-14(16)15(17)19-3)20-10-11-4-6-12(18-2)7-5-11/h4-7,13-14H,8-10H2,1-3H3/t13-,14-/m0/s1. The Bertz CT molecular complexity index is 449. The molecule has 0 N–H and O–H groups in total. The first-order valence-electron chi connectivity index (χ1n) is 6.66. The summed E-state index contributed by atoms with van der Waals surface area (Å²) in [6, 6.07) is 8.04. The van der Waals surface area contributed by atoms with Crippen molar-refractivity contribution in [2.45, 2.75) is 23.5 Å². The van der Waals surface area contributed by atoms with Gasteiger partial charge in [-0.25, -0.2) is 0 Å². The summed E-state index contributed by atoms with van der Waals surface area (Å²) in [6.07, 6.45) is 0.865. The van der Waals surface area contributed by atoms with E-state index in [1.54, 1.807) is 7.11 Å². The van der Waals surface area contributed by atoms with Gasteiger partial charge in [0.15, 0.2) is 0 Å². The topological polar surface area (TPSA) is 38.8 Å². The summed E-state index contributed by atoms with van der Waals surface area (Å²) in [5.74, 6) is 1.71. The van der Waals surface area contributed by atoms with Gasteiger partial charge in [-0.15, -0.1) is 0 Å².